The molecule has 0 spiro atoms. The number of allylic oxidation sites excluding steroid dienone is 1. The Hall–Kier alpha value is -3.80. The van der Waals surface area contributed by atoms with Crippen LogP contribution in [0.5, 0.6) is 17.2 Å². The number of halogens is 3. The molecule has 2 aromatic rings. The molecule has 0 saturated carbocycles. The van der Waals surface area contributed by atoms with E-state index in [0.29, 0.717) is 18.6 Å². The van der Waals surface area contributed by atoms with Crippen LogP contribution in [0, 0.1) is 0 Å². The maximum atomic E-state index is 13.0. The molecule has 9 nitrogen and oxygen atoms in total. The Morgan fingerprint density at radius 1 is 1.24 bits per heavy atom. The molecule has 206 valence electrons. The number of para-hydroxylation sites is 1. The van der Waals surface area contributed by atoms with Gasteiger partial charge in [-0.1, -0.05) is 24.3 Å². The van der Waals surface area contributed by atoms with Crippen molar-refractivity contribution >= 4 is 11.9 Å². The van der Waals surface area contributed by atoms with Gasteiger partial charge in [0.2, 0.25) is 0 Å². The normalized spacial score (nSPS) is 22.6. The summed E-state index contributed by atoms with van der Waals surface area (Å²) in [6.07, 6.45) is -3.94. The van der Waals surface area contributed by atoms with E-state index >= 15 is 0 Å². The van der Waals surface area contributed by atoms with Crippen LogP contribution in [-0.2, 0) is 14.3 Å². The lowest BCUT2D eigenvalue weighted by Gasteiger charge is -2.31. The second kappa shape index (κ2) is 13.1. The molecule has 0 bridgehead atoms. The average molecular weight is 539 g/mol. The van der Waals surface area contributed by atoms with Crippen LogP contribution in [0.25, 0.3) is 0 Å². The molecule has 1 saturated heterocycles. The molecule has 3 rings (SSSR count). The maximum absolute atomic E-state index is 13.0. The molecule has 0 radical (unpaired) electrons. The van der Waals surface area contributed by atoms with Crippen LogP contribution in [-0.4, -0.2) is 66.2 Å². The van der Waals surface area contributed by atoms with Crippen molar-refractivity contribution in [2.45, 2.75) is 56.7 Å². The number of rotatable bonds is 8. The van der Waals surface area contributed by atoms with Crippen molar-refractivity contribution in [3.63, 3.8) is 0 Å². The van der Waals surface area contributed by atoms with Gasteiger partial charge < -0.3 is 29.4 Å². The number of nitrogens with zero attached hydrogens (tertiary/aromatic N) is 1. The highest BCUT2D eigenvalue weighted by molar-refractivity contribution is 5.97. The fraction of sp³-hybridized carbons (Fsp3) is 0.423. The van der Waals surface area contributed by atoms with Gasteiger partial charge in [0, 0.05) is 18.3 Å². The van der Waals surface area contributed by atoms with Crippen molar-refractivity contribution in [3.8, 4) is 17.2 Å². The predicted octanol–water partition coefficient (Wildman–Crippen LogP) is 3.96. The van der Waals surface area contributed by atoms with Crippen molar-refractivity contribution < 1.29 is 46.8 Å². The molecular formula is C26H29F3N2O7. The zero-order valence-electron chi connectivity index (χ0n) is 20.8. The fourth-order valence-corrected chi connectivity index (χ4v) is 3.96. The number of carbonyl (C=O) groups is 2. The van der Waals surface area contributed by atoms with Crippen molar-refractivity contribution in [1.29, 1.82) is 0 Å². The summed E-state index contributed by atoms with van der Waals surface area (Å²) in [5, 5.41) is 12.8. The number of nitrogens with one attached hydrogen (secondary N) is 1. The third kappa shape index (κ3) is 8.10. The van der Waals surface area contributed by atoms with Crippen LogP contribution in [0.2, 0.25) is 0 Å². The van der Waals surface area contributed by atoms with Crippen molar-refractivity contribution in [2.75, 3.05) is 13.7 Å². The first-order valence-electron chi connectivity index (χ1n) is 11.9. The third-order valence-electron chi connectivity index (χ3n) is 5.75. The van der Waals surface area contributed by atoms with Gasteiger partial charge in [0.15, 0.2) is 17.2 Å². The number of methoxy groups -OCH3 is 1. The maximum Gasteiger partial charge on any atom is 0.409 e. The highest BCUT2D eigenvalue weighted by atomic mass is 19.4. The van der Waals surface area contributed by atoms with Crippen LogP contribution < -0.4 is 14.8 Å². The Morgan fingerprint density at radius 2 is 1.97 bits per heavy atom. The molecular weight excluding hydrogens is 509 g/mol. The Balaban J connectivity index is 1.78. The van der Waals surface area contributed by atoms with Gasteiger partial charge in [-0.25, -0.2) is 9.78 Å². The largest absolute Gasteiger partial charge is 0.503 e. The predicted molar refractivity (Wildman–Crippen MR) is 129 cm³/mol. The Bertz CT molecular complexity index is 1110. The van der Waals surface area contributed by atoms with Crippen molar-refractivity contribution in [1.82, 2.24) is 10.3 Å². The highest BCUT2D eigenvalue weighted by Gasteiger charge is 2.36. The van der Waals surface area contributed by atoms with Gasteiger partial charge >= 0.3 is 12.1 Å². The minimum absolute atomic E-state index is 0.0382. The number of alkyl halides is 3. The second-order valence-corrected chi connectivity index (χ2v) is 8.52. The molecule has 2 N–H and O–H groups in total. The fourth-order valence-electron chi connectivity index (χ4n) is 3.96. The van der Waals surface area contributed by atoms with Gasteiger partial charge in [-0.2, -0.15) is 13.2 Å². The zero-order chi connectivity index (χ0) is 27.7. The molecule has 1 aliphatic rings. The van der Waals surface area contributed by atoms with Gasteiger partial charge in [0.25, 0.3) is 5.91 Å². The van der Waals surface area contributed by atoms with E-state index in [2.05, 4.69) is 10.3 Å². The number of benzene rings is 1. The monoisotopic (exact) mass is 538 g/mol. The number of carbonyl (C=O) groups excluding carboxylic acids is 2. The Morgan fingerprint density at radius 3 is 2.66 bits per heavy atom. The van der Waals surface area contributed by atoms with E-state index in [4.69, 9.17) is 18.9 Å². The first-order valence-corrected chi connectivity index (χ1v) is 11.9. The van der Waals surface area contributed by atoms with E-state index in [9.17, 15) is 27.9 Å². The molecule has 12 heteroatoms. The molecule has 1 aliphatic heterocycles. The number of ether oxygens (including phenoxy) is 4. The lowest BCUT2D eigenvalue weighted by molar-refractivity contribution is -0.162. The minimum Gasteiger partial charge on any atom is -0.503 e. The number of cyclic esters (lactones) is 1. The van der Waals surface area contributed by atoms with Gasteiger partial charge in [-0.15, -0.1) is 0 Å². The molecule has 1 aromatic heterocycles. The summed E-state index contributed by atoms with van der Waals surface area (Å²) in [5.41, 5.74) is -0.326. The first kappa shape index (κ1) is 28.8. The molecule has 1 amide bonds. The highest BCUT2D eigenvalue weighted by Crippen LogP contribution is 2.28. The lowest BCUT2D eigenvalue weighted by Crippen LogP contribution is -2.46. The summed E-state index contributed by atoms with van der Waals surface area (Å²) in [6, 6.07) is 9.07. The summed E-state index contributed by atoms with van der Waals surface area (Å²) < 4.78 is 59.9. The van der Waals surface area contributed by atoms with Gasteiger partial charge in [0.05, 0.1) is 13.7 Å². The molecule has 0 aliphatic carbocycles. The van der Waals surface area contributed by atoms with Crippen molar-refractivity contribution in [3.05, 3.63) is 60.4 Å². The van der Waals surface area contributed by atoms with Crippen LogP contribution in [0.1, 0.15) is 36.7 Å². The topological polar surface area (TPSA) is 116 Å². The number of hydrogen-bond acceptors (Lipinski definition) is 8. The van der Waals surface area contributed by atoms with E-state index in [0.717, 1.165) is 6.08 Å². The summed E-state index contributed by atoms with van der Waals surface area (Å²) in [5.74, 6) is -1.50. The molecule has 2 heterocycles. The summed E-state index contributed by atoms with van der Waals surface area (Å²) in [6.45, 7) is 1.15. The smallest absolute Gasteiger partial charge is 0.409 e. The molecule has 1 aromatic carbocycles. The number of pyridine rings is 1. The Kier molecular flexibility index (Phi) is 9.94. The number of amides is 1. The minimum atomic E-state index is -4.49. The molecule has 0 unspecified atom stereocenters. The van der Waals surface area contributed by atoms with Crippen LogP contribution >= 0.6 is 0 Å². The first-order chi connectivity index (χ1) is 18.1. The van der Waals surface area contributed by atoms with Gasteiger partial charge in [-0.3, -0.25) is 4.79 Å². The van der Waals surface area contributed by atoms with E-state index in [1.165, 1.54) is 26.3 Å². The number of aromatic hydroxyl groups is 1. The van der Waals surface area contributed by atoms with E-state index in [1.807, 2.05) is 0 Å². The van der Waals surface area contributed by atoms with Crippen LogP contribution in [0.15, 0.2) is 54.7 Å². The van der Waals surface area contributed by atoms with Crippen LogP contribution in [0.4, 0.5) is 13.2 Å². The zero-order valence-corrected chi connectivity index (χ0v) is 20.8. The molecule has 38 heavy (non-hydrogen) atoms. The lowest BCUT2D eigenvalue weighted by atomic mass is 10.0. The SMILES string of the molecule is COc1ccnc(C(=O)N[C@H]2CCC[C@H](Oc3ccccc3)[C@@H](OC/C=C/C(F)(F)F)[C@H](C)OC2=O)c1O. The van der Waals surface area contributed by atoms with Crippen LogP contribution in [0.3, 0.4) is 0 Å². The van der Waals surface area contributed by atoms with Gasteiger partial charge in [-0.05, 0) is 38.3 Å². The van der Waals surface area contributed by atoms with Crippen molar-refractivity contribution in [2.24, 2.45) is 0 Å². The summed E-state index contributed by atoms with van der Waals surface area (Å²) in [4.78, 5) is 29.6. The number of esters is 1. The standard InChI is InChI=1S/C26H29F3N2O7/c1-16-23(36-15-7-13-26(27,28)29)20(38-17-8-4-3-5-9-17)11-6-10-18(25(34)37-16)31-24(33)21-22(32)19(35-2)12-14-30-21/h3-5,7-9,12-14,16,18,20,23,32H,6,10-11,15H2,1-2H3,(H,31,33)/b13-7+/t16-,18-,20-,23-/m0/s1. The van der Waals surface area contributed by atoms with Gasteiger partial charge in [0.1, 0.15) is 30.1 Å². The summed E-state index contributed by atoms with van der Waals surface area (Å²) >= 11 is 0. The van der Waals surface area contributed by atoms with E-state index in [-0.39, 0.29) is 30.5 Å². The third-order valence-corrected chi connectivity index (χ3v) is 5.75. The van der Waals surface area contributed by atoms with E-state index < -0.39 is 48.2 Å². The quantitative estimate of drug-likeness (QED) is 0.383. The Labute approximate surface area is 217 Å². The molecule has 4 atom stereocenters. The van der Waals surface area contributed by atoms with E-state index in [1.54, 1.807) is 30.3 Å². The average Bonchev–Trinajstić information content (AvgIpc) is 2.91. The molecule has 1 fully saturated rings. The number of hydrogen-bond donors (Lipinski definition) is 2. The number of aromatic nitrogens is 1. The summed E-state index contributed by atoms with van der Waals surface area (Å²) in [7, 11) is 1.32. The second-order valence-electron chi connectivity index (χ2n) is 8.52.